The Morgan fingerprint density at radius 3 is 2.33 bits per heavy atom. The Morgan fingerprint density at radius 2 is 1.78 bits per heavy atom. The number of halogens is 3. The molecule has 0 saturated heterocycles. The molecule has 18 heavy (non-hydrogen) atoms. The van der Waals surface area contributed by atoms with Crippen LogP contribution in [-0.4, -0.2) is 11.4 Å². The fourth-order valence-electron chi connectivity index (χ4n) is 1.96. The van der Waals surface area contributed by atoms with Gasteiger partial charge in [0.15, 0.2) is 0 Å². The van der Waals surface area contributed by atoms with E-state index in [1.54, 1.807) is 23.1 Å². The molecule has 0 saturated carbocycles. The van der Waals surface area contributed by atoms with E-state index in [1.165, 1.54) is 0 Å². The van der Waals surface area contributed by atoms with Gasteiger partial charge >= 0.3 is 0 Å². The predicted molar refractivity (Wildman–Crippen MR) is 65.0 cm³/mol. The van der Waals surface area contributed by atoms with Crippen LogP contribution < -0.4 is 0 Å². The number of hydrogen-bond acceptors (Lipinski definition) is 1. The largest absolute Gasteiger partial charge is 0.342 e. The maximum absolute atomic E-state index is 13.7. The molecule has 1 aliphatic rings. The molecule has 2 rings (SSSR count). The number of rotatable bonds is 2. The minimum Gasteiger partial charge on any atom is -0.342 e. The van der Waals surface area contributed by atoms with Crippen LogP contribution in [0.25, 0.3) is 5.70 Å². The lowest BCUT2D eigenvalue weighted by atomic mass is 10.1. The first kappa shape index (κ1) is 12.5. The van der Waals surface area contributed by atoms with Crippen LogP contribution in [0.5, 0.6) is 0 Å². The monoisotopic (exact) mass is 251 g/mol. The summed E-state index contributed by atoms with van der Waals surface area (Å²) >= 11 is 0. The standard InChI is InChI=1S/C14H12F3N/c1-3-18-9(2)5-4-6-13(18)14-11(16)7-10(15)8-12(14)17/h4-8H,2-3H2,1H3. The zero-order chi connectivity index (χ0) is 13.3. The SMILES string of the molecule is C=C1C=CC=C(c2c(F)cc(F)cc2F)N1CC. The van der Waals surface area contributed by atoms with Crippen molar-refractivity contribution in [2.24, 2.45) is 0 Å². The second-order valence-corrected chi connectivity index (χ2v) is 3.89. The zero-order valence-corrected chi connectivity index (χ0v) is 9.88. The smallest absolute Gasteiger partial charge is 0.138 e. The molecule has 0 spiro atoms. The van der Waals surface area contributed by atoms with Crippen molar-refractivity contribution in [1.82, 2.24) is 4.90 Å². The van der Waals surface area contributed by atoms with E-state index in [2.05, 4.69) is 6.58 Å². The molecule has 1 aromatic carbocycles. The Bertz CT molecular complexity index is 535. The molecule has 1 aliphatic heterocycles. The summed E-state index contributed by atoms with van der Waals surface area (Å²) in [6.45, 7) is 6.16. The number of nitrogens with zero attached hydrogens (tertiary/aromatic N) is 1. The molecular weight excluding hydrogens is 239 g/mol. The Kier molecular flexibility index (Phi) is 3.28. The van der Waals surface area contributed by atoms with Gasteiger partial charge in [0.25, 0.3) is 0 Å². The summed E-state index contributed by atoms with van der Waals surface area (Å²) in [6, 6.07) is 1.35. The Hall–Kier alpha value is -1.97. The van der Waals surface area contributed by atoms with E-state index in [9.17, 15) is 13.2 Å². The summed E-state index contributed by atoms with van der Waals surface area (Å²) in [7, 11) is 0. The summed E-state index contributed by atoms with van der Waals surface area (Å²) in [4.78, 5) is 1.67. The molecule has 0 amide bonds. The first-order valence-electron chi connectivity index (χ1n) is 5.54. The average Bonchev–Trinajstić information content (AvgIpc) is 2.27. The van der Waals surface area contributed by atoms with Crippen molar-refractivity contribution in [2.45, 2.75) is 6.92 Å². The van der Waals surface area contributed by atoms with E-state index in [0.717, 1.165) is 0 Å². The quantitative estimate of drug-likeness (QED) is 0.771. The Labute approximate surface area is 104 Å². The number of benzene rings is 1. The van der Waals surface area contributed by atoms with Gasteiger partial charge in [-0.15, -0.1) is 0 Å². The molecule has 0 fully saturated rings. The molecule has 0 radical (unpaired) electrons. The van der Waals surface area contributed by atoms with Crippen molar-refractivity contribution in [3.05, 3.63) is 65.7 Å². The predicted octanol–water partition coefficient (Wildman–Crippen LogP) is 3.85. The Morgan fingerprint density at radius 1 is 1.17 bits per heavy atom. The van der Waals surface area contributed by atoms with Crippen LogP contribution in [0.3, 0.4) is 0 Å². The third kappa shape index (κ3) is 2.06. The third-order valence-corrected chi connectivity index (χ3v) is 2.76. The first-order chi connectivity index (χ1) is 8.54. The normalized spacial score (nSPS) is 15.0. The van der Waals surface area contributed by atoms with E-state index in [4.69, 9.17) is 0 Å². The van der Waals surface area contributed by atoms with Gasteiger partial charge < -0.3 is 4.90 Å². The molecule has 0 aliphatic carbocycles. The van der Waals surface area contributed by atoms with Crippen molar-refractivity contribution in [3.63, 3.8) is 0 Å². The highest BCUT2D eigenvalue weighted by Gasteiger charge is 2.21. The van der Waals surface area contributed by atoms with Crippen molar-refractivity contribution in [2.75, 3.05) is 6.54 Å². The molecule has 94 valence electrons. The van der Waals surface area contributed by atoms with Crippen molar-refractivity contribution >= 4 is 5.70 Å². The lowest BCUT2D eigenvalue weighted by Gasteiger charge is -2.29. The third-order valence-electron chi connectivity index (χ3n) is 2.76. The molecule has 0 atom stereocenters. The summed E-state index contributed by atoms with van der Waals surface area (Å²) in [5.41, 5.74) is 0.752. The van der Waals surface area contributed by atoms with Crippen LogP contribution in [0, 0.1) is 17.5 Å². The summed E-state index contributed by atoms with van der Waals surface area (Å²) in [5.74, 6) is -2.76. The van der Waals surface area contributed by atoms with Crippen LogP contribution >= 0.6 is 0 Å². The summed E-state index contributed by atoms with van der Waals surface area (Å²) < 4.78 is 40.3. The molecule has 1 nitrogen and oxygen atoms in total. The highest BCUT2D eigenvalue weighted by molar-refractivity contribution is 5.70. The summed E-state index contributed by atoms with van der Waals surface area (Å²) in [5, 5.41) is 0. The van der Waals surface area contributed by atoms with Crippen molar-refractivity contribution in [1.29, 1.82) is 0 Å². The van der Waals surface area contributed by atoms with Gasteiger partial charge in [-0.05, 0) is 19.1 Å². The van der Waals surface area contributed by atoms with Crippen LogP contribution in [0.2, 0.25) is 0 Å². The van der Waals surface area contributed by atoms with E-state index in [-0.39, 0.29) is 5.56 Å². The van der Waals surface area contributed by atoms with Crippen LogP contribution in [-0.2, 0) is 0 Å². The first-order valence-corrected chi connectivity index (χ1v) is 5.54. The number of likely N-dealkylation sites (N-methyl/N-ethyl adjacent to an activating group) is 1. The maximum Gasteiger partial charge on any atom is 0.138 e. The van der Waals surface area contributed by atoms with Crippen LogP contribution in [0.4, 0.5) is 13.2 Å². The molecule has 1 aromatic rings. The van der Waals surface area contributed by atoms with Gasteiger partial charge in [-0.2, -0.15) is 0 Å². The lowest BCUT2D eigenvalue weighted by Crippen LogP contribution is -2.22. The molecule has 0 aromatic heterocycles. The highest BCUT2D eigenvalue weighted by Crippen LogP contribution is 2.30. The number of hydrogen-bond donors (Lipinski definition) is 0. The van der Waals surface area contributed by atoms with Gasteiger partial charge in [-0.25, -0.2) is 13.2 Å². The average molecular weight is 251 g/mol. The fourth-order valence-corrected chi connectivity index (χ4v) is 1.96. The molecular formula is C14H12F3N. The van der Waals surface area contributed by atoms with Gasteiger partial charge in [-0.1, -0.05) is 12.7 Å². The summed E-state index contributed by atoms with van der Waals surface area (Å²) in [6.07, 6.45) is 4.98. The topological polar surface area (TPSA) is 3.24 Å². The van der Waals surface area contributed by atoms with Gasteiger partial charge in [0.05, 0.1) is 11.3 Å². The van der Waals surface area contributed by atoms with Crippen LogP contribution in [0.1, 0.15) is 12.5 Å². The van der Waals surface area contributed by atoms with Crippen molar-refractivity contribution in [3.8, 4) is 0 Å². The van der Waals surface area contributed by atoms with E-state index in [0.29, 0.717) is 30.1 Å². The zero-order valence-electron chi connectivity index (χ0n) is 9.88. The second-order valence-electron chi connectivity index (χ2n) is 3.89. The fraction of sp³-hybridized carbons (Fsp3) is 0.143. The van der Waals surface area contributed by atoms with Crippen molar-refractivity contribution < 1.29 is 13.2 Å². The Balaban J connectivity index is 2.58. The second kappa shape index (κ2) is 4.72. The maximum atomic E-state index is 13.7. The minimum atomic E-state index is -0.928. The van der Waals surface area contributed by atoms with Gasteiger partial charge in [0.2, 0.25) is 0 Å². The lowest BCUT2D eigenvalue weighted by molar-refractivity contribution is 0.500. The molecule has 0 N–H and O–H groups in total. The molecule has 0 bridgehead atoms. The highest BCUT2D eigenvalue weighted by atomic mass is 19.1. The van der Waals surface area contributed by atoms with Gasteiger partial charge in [0, 0.05) is 24.4 Å². The van der Waals surface area contributed by atoms with E-state index < -0.39 is 17.5 Å². The van der Waals surface area contributed by atoms with Gasteiger partial charge in [0.1, 0.15) is 17.5 Å². The molecule has 4 heteroatoms. The van der Waals surface area contributed by atoms with E-state index in [1.807, 2.05) is 6.92 Å². The van der Waals surface area contributed by atoms with E-state index >= 15 is 0 Å². The number of allylic oxidation sites excluding steroid dienone is 3. The minimum absolute atomic E-state index is 0.233. The molecule has 0 unspecified atom stereocenters. The van der Waals surface area contributed by atoms with Crippen LogP contribution in [0.15, 0.2) is 42.6 Å². The van der Waals surface area contributed by atoms with Gasteiger partial charge in [-0.3, -0.25) is 0 Å². The molecule has 1 heterocycles.